The zero-order chi connectivity index (χ0) is 22.0. The summed E-state index contributed by atoms with van der Waals surface area (Å²) in [5.74, 6) is 0.0511. The molecule has 32 heavy (non-hydrogen) atoms. The third-order valence-corrected chi connectivity index (χ3v) is 8.69. The molecular formula is C27H40N2O3. The number of benzene rings is 1. The van der Waals surface area contributed by atoms with Crippen LogP contribution in [-0.4, -0.2) is 60.9 Å². The first-order valence-electron chi connectivity index (χ1n) is 12.9. The Labute approximate surface area is 192 Å². The van der Waals surface area contributed by atoms with E-state index in [-0.39, 0.29) is 5.41 Å². The second kappa shape index (κ2) is 9.44. The van der Waals surface area contributed by atoms with Gasteiger partial charge >= 0.3 is 5.97 Å². The Morgan fingerprint density at radius 3 is 2.44 bits per heavy atom. The Kier molecular flexibility index (Phi) is 6.60. The molecule has 1 aromatic carbocycles. The fourth-order valence-electron chi connectivity index (χ4n) is 5.94. The van der Waals surface area contributed by atoms with Crippen LogP contribution in [0.5, 0.6) is 0 Å². The Bertz CT molecular complexity index is 764. The first-order valence-corrected chi connectivity index (χ1v) is 12.9. The molecule has 5 rings (SSSR count). The van der Waals surface area contributed by atoms with Crippen molar-refractivity contribution in [1.29, 1.82) is 0 Å². The van der Waals surface area contributed by atoms with Crippen molar-refractivity contribution in [2.75, 3.05) is 32.8 Å². The molecule has 3 saturated carbocycles. The first-order chi connectivity index (χ1) is 15.6. The number of rotatable bonds is 10. The first kappa shape index (κ1) is 22.4. The molecule has 2 unspecified atom stereocenters. The minimum absolute atomic E-state index is 0.178. The highest BCUT2D eigenvalue weighted by molar-refractivity contribution is 5.78. The number of hydrogen-bond acceptors (Lipinski definition) is 4. The molecule has 0 bridgehead atoms. The zero-order valence-electron chi connectivity index (χ0n) is 19.4. The van der Waals surface area contributed by atoms with Gasteiger partial charge in [0.2, 0.25) is 0 Å². The van der Waals surface area contributed by atoms with Gasteiger partial charge in [0.1, 0.15) is 0 Å². The van der Waals surface area contributed by atoms with Gasteiger partial charge in [-0.25, -0.2) is 0 Å². The van der Waals surface area contributed by atoms with Crippen LogP contribution in [0.4, 0.5) is 0 Å². The topological polar surface area (TPSA) is 61.8 Å². The number of carboxylic acid groups (broad SMARTS) is 1. The predicted octanol–water partition coefficient (Wildman–Crippen LogP) is 4.43. The van der Waals surface area contributed by atoms with E-state index < -0.39 is 11.4 Å². The van der Waals surface area contributed by atoms with Crippen molar-refractivity contribution in [2.24, 2.45) is 10.8 Å². The lowest BCUT2D eigenvalue weighted by Crippen LogP contribution is -2.50. The Morgan fingerprint density at radius 2 is 1.78 bits per heavy atom. The van der Waals surface area contributed by atoms with E-state index in [0.717, 1.165) is 58.5 Å². The fraction of sp³-hybridized carbons (Fsp3) is 0.741. The van der Waals surface area contributed by atoms with Gasteiger partial charge in [0.25, 0.3) is 0 Å². The average Bonchev–Trinajstić information content (AvgIpc) is 3.75. The maximum Gasteiger partial charge on any atom is 0.310 e. The lowest BCUT2D eigenvalue weighted by molar-refractivity contribution is -0.144. The van der Waals surface area contributed by atoms with Crippen LogP contribution in [0, 0.1) is 10.8 Å². The van der Waals surface area contributed by atoms with Crippen LogP contribution in [0.25, 0.3) is 0 Å². The molecule has 0 amide bonds. The van der Waals surface area contributed by atoms with Gasteiger partial charge in [-0.1, -0.05) is 49.6 Å². The zero-order valence-corrected chi connectivity index (χ0v) is 19.4. The van der Waals surface area contributed by atoms with Crippen LogP contribution in [0.15, 0.2) is 30.3 Å². The minimum Gasteiger partial charge on any atom is -0.481 e. The number of nitrogens with one attached hydrogen (secondary N) is 1. The van der Waals surface area contributed by atoms with Crippen molar-refractivity contribution >= 4 is 5.97 Å². The molecular weight excluding hydrogens is 400 g/mol. The van der Waals surface area contributed by atoms with Crippen LogP contribution in [-0.2, 0) is 9.53 Å². The molecule has 5 heteroatoms. The monoisotopic (exact) mass is 440 g/mol. The van der Waals surface area contributed by atoms with Crippen LogP contribution >= 0.6 is 0 Å². The van der Waals surface area contributed by atoms with E-state index in [1.54, 1.807) is 0 Å². The predicted molar refractivity (Wildman–Crippen MR) is 126 cm³/mol. The molecule has 0 radical (unpaired) electrons. The van der Waals surface area contributed by atoms with E-state index >= 15 is 0 Å². The summed E-state index contributed by atoms with van der Waals surface area (Å²) in [4.78, 5) is 14.0. The highest BCUT2D eigenvalue weighted by atomic mass is 16.5. The number of likely N-dealkylation sites (tertiary alicyclic amines) is 1. The Hall–Kier alpha value is -1.43. The van der Waals surface area contributed by atoms with Crippen LogP contribution in [0.3, 0.4) is 0 Å². The lowest BCUT2D eigenvalue weighted by atomic mass is 9.78. The molecule has 2 atom stereocenters. The van der Waals surface area contributed by atoms with Gasteiger partial charge in [-0.05, 0) is 63.6 Å². The highest BCUT2D eigenvalue weighted by Gasteiger charge is 2.52. The summed E-state index contributed by atoms with van der Waals surface area (Å²) >= 11 is 0. The average molecular weight is 441 g/mol. The summed E-state index contributed by atoms with van der Waals surface area (Å²) in [7, 11) is 0. The molecule has 0 aromatic heterocycles. The summed E-state index contributed by atoms with van der Waals surface area (Å²) in [6.45, 7) is 4.60. The molecule has 5 nitrogen and oxygen atoms in total. The molecule has 3 aliphatic carbocycles. The maximum absolute atomic E-state index is 11.6. The molecule has 4 fully saturated rings. The third kappa shape index (κ3) is 5.21. The molecule has 1 aliphatic heterocycles. The van der Waals surface area contributed by atoms with Gasteiger partial charge < -0.3 is 20.1 Å². The van der Waals surface area contributed by atoms with E-state index in [1.807, 2.05) is 0 Å². The van der Waals surface area contributed by atoms with Crippen LogP contribution in [0.2, 0.25) is 0 Å². The smallest absolute Gasteiger partial charge is 0.310 e. The number of carbonyl (C=O) groups is 1. The van der Waals surface area contributed by atoms with Gasteiger partial charge in [0.05, 0.1) is 18.1 Å². The normalized spacial score (nSPS) is 29.5. The van der Waals surface area contributed by atoms with Crippen molar-refractivity contribution in [3.8, 4) is 0 Å². The van der Waals surface area contributed by atoms with Crippen LogP contribution in [0.1, 0.15) is 75.7 Å². The van der Waals surface area contributed by atoms with E-state index in [0.29, 0.717) is 18.1 Å². The van der Waals surface area contributed by atoms with Gasteiger partial charge in [-0.2, -0.15) is 0 Å². The molecule has 1 saturated heterocycles. The van der Waals surface area contributed by atoms with E-state index in [9.17, 15) is 9.90 Å². The molecule has 2 N–H and O–H groups in total. The summed E-state index contributed by atoms with van der Waals surface area (Å²) in [6, 6.07) is 11.5. The Morgan fingerprint density at radius 1 is 1.06 bits per heavy atom. The van der Waals surface area contributed by atoms with Crippen molar-refractivity contribution in [3.05, 3.63) is 35.9 Å². The summed E-state index contributed by atoms with van der Waals surface area (Å²) < 4.78 is 6.52. The Balaban J connectivity index is 1.16. The summed E-state index contributed by atoms with van der Waals surface area (Å²) in [6.07, 6.45) is 12.0. The maximum atomic E-state index is 11.6. The van der Waals surface area contributed by atoms with Gasteiger partial charge in [0.15, 0.2) is 0 Å². The number of piperidine rings is 1. The third-order valence-electron chi connectivity index (χ3n) is 8.69. The lowest BCUT2D eigenvalue weighted by Gasteiger charge is -2.43. The van der Waals surface area contributed by atoms with Crippen molar-refractivity contribution in [2.45, 2.75) is 82.3 Å². The molecule has 4 aliphatic rings. The van der Waals surface area contributed by atoms with Gasteiger partial charge in [-0.3, -0.25) is 4.79 Å². The number of ether oxygens (including phenoxy) is 1. The summed E-state index contributed by atoms with van der Waals surface area (Å²) in [5, 5.41) is 13.5. The van der Waals surface area contributed by atoms with Crippen molar-refractivity contribution in [3.63, 3.8) is 0 Å². The largest absolute Gasteiger partial charge is 0.481 e. The highest BCUT2D eigenvalue weighted by Crippen LogP contribution is 2.47. The fourth-order valence-corrected chi connectivity index (χ4v) is 5.94. The van der Waals surface area contributed by atoms with E-state index in [2.05, 4.69) is 40.5 Å². The molecule has 0 spiro atoms. The number of nitrogens with zero attached hydrogens (tertiary/aromatic N) is 1. The molecule has 176 valence electrons. The summed E-state index contributed by atoms with van der Waals surface area (Å²) in [5.41, 5.74) is 1.18. The molecule has 1 aromatic rings. The standard InChI is InChI=1S/C27H40N2O3/c30-25(31)27(11-12-27)19-29-15-13-26(14-16-29,20-32-22-9-5-2-6-10-22)18-28-24-17-23(24)21-7-3-1-4-8-21/h1,3-4,7-8,22-24,28H,2,5-6,9-20H2,(H,30,31). The second-order valence-electron chi connectivity index (χ2n) is 11.2. The number of hydrogen-bond donors (Lipinski definition) is 2. The number of aliphatic carboxylic acids is 1. The number of carboxylic acids is 1. The quantitative estimate of drug-likeness (QED) is 0.564. The molecule has 1 heterocycles. The second-order valence-corrected chi connectivity index (χ2v) is 11.2. The van der Waals surface area contributed by atoms with Crippen molar-refractivity contribution in [1.82, 2.24) is 10.2 Å². The van der Waals surface area contributed by atoms with E-state index in [4.69, 9.17) is 4.74 Å². The van der Waals surface area contributed by atoms with E-state index in [1.165, 1.54) is 44.1 Å². The van der Waals surface area contributed by atoms with Crippen LogP contribution < -0.4 is 5.32 Å². The van der Waals surface area contributed by atoms with Crippen molar-refractivity contribution < 1.29 is 14.6 Å². The minimum atomic E-state index is -0.600. The van der Waals surface area contributed by atoms with Gasteiger partial charge in [-0.15, -0.1) is 0 Å². The SMILES string of the molecule is O=C(O)C1(CN2CCC(CNC3CC3c3ccccc3)(COC3CCCCC3)CC2)CC1. The van der Waals surface area contributed by atoms with Gasteiger partial charge in [0, 0.05) is 30.5 Å².